The van der Waals surface area contributed by atoms with Crippen LogP contribution in [-0.2, 0) is 21.4 Å². The molecule has 0 atom stereocenters. The average molecular weight is 461 g/mol. The Balaban J connectivity index is 1.66. The van der Waals surface area contributed by atoms with Gasteiger partial charge in [0.2, 0.25) is 15.8 Å². The van der Waals surface area contributed by atoms with Gasteiger partial charge >= 0.3 is 5.97 Å². The Hall–Kier alpha value is -3.44. The molecule has 0 amide bonds. The van der Waals surface area contributed by atoms with Crippen molar-refractivity contribution in [1.29, 1.82) is 0 Å². The highest BCUT2D eigenvalue weighted by Crippen LogP contribution is 2.31. The molecule has 0 fully saturated rings. The highest BCUT2D eigenvalue weighted by atomic mass is 32.2. The van der Waals surface area contributed by atoms with E-state index in [1.165, 1.54) is 31.4 Å². The summed E-state index contributed by atoms with van der Waals surface area (Å²) < 4.78 is 47.6. The molecule has 0 bridgehead atoms. The van der Waals surface area contributed by atoms with Crippen molar-refractivity contribution in [2.45, 2.75) is 31.4 Å². The van der Waals surface area contributed by atoms with E-state index in [4.69, 9.17) is 18.7 Å². The summed E-state index contributed by atoms with van der Waals surface area (Å²) in [6.07, 6.45) is 0. The van der Waals surface area contributed by atoms with Crippen molar-refractivity contribution < 1.29 is 31.9 Å². The zero-order valence-electron chi connectivity index (χ0n) is 18.0. The SMILES string of the molecule is COc1ccc(-c2noc(COC(=O)c3ccc(S(=O)(=O)NC(C)C)cc3)n2)c(OC)c1. The summed E-state index contributed by atoms with van der Waals surface area (Å²) in [5, 5.41) is 3.89. The number of carbonyl (C=O) groups excluding carboxylic acids is 1. The molecule has 2 aromatic carbocycles. The van der Waals surface area contributed by atoms with Gasteiger partial charge in [0.05, 0.1) is 30.2 Å². The van der Waals surface area contributed by atoms with Crippen molar-refractivity contribution in [3.05, 3.63) is 53.9 Å². The van der Waals surface area contributed by atoms with Crippen LogP contribution in [0.15, 0.2) is 51.9 Å². The molecule has 1 heterocycles. The number of hydrogen-bond donors (Lipinski definition) is 1. The van der Waals surface area contributed by atoms with Gasteiger partial charge in [0.15, 0.2) is 6.61 Å². The third-order valence-corrected chi connectivity index (χ3v) is 5.91. The Labute approximate surface area is 185 Å². The molecule has 11 heteroatoms. The van der Waals surface area contributed by atoms with E-state index in [2.05, 4.69) is 14.9 Å². The van der Waals surface area contributed by atoms with E-state index in [1.807, 2.05) is 0 Å². The van der Waals surface area contributed by atoms with Gasteiger partial charge in [-0.15, -0.1) is 0 Å². The van der Waals surface area contributed by atoms with E-state index >= 15 is 0 Å². The number of methoxy groups -OCH3 is 2. The third kappa shape index (κ3) is 5.42. The van der Waals surface area contributed by atoms with Gasteiger partial charge in [0.1, 0.15) is 11.5 Å². The lowest BCUT2D eigenvalue weighted by molar-refractivity contribution is 0.0429. The van der Waals surface area contributed by atoms with Gasteiger partial charge < -0.3 is 18.7 Å². The van der Waals surface area contributed by atoms with Crippen molar-refractivity contribution >= 4 is 16.0 Å². The van der Waals surface area contributed by atoms with Crippen LogP contribution in [0.5, 0.6) is 11.5 Å². The third-order valence-electron chi connectivity index (χ3n) is 4.24. The van der Waals surface area contributed by atoms with Crippen molar-refractivity contribution in [3.8, 4) is 22.9 Å². The van der Waals surface area contributed by atoms with Crippen molar-refractivity contribution in [1.82, 2.24) is 14.9 Å². The van der Waals surface area contributed by atoms with Crippen LogP contribution in [0, 0.1) is 0 Å². The number of aromatic nitrogens is 2. The molecule has 10 nitrogen and oxygen atoms in total. The summed E-state index contributed by atoms with van der Waals surface area (Å²) in [6.45, 7) is 3.19. The topological polar surface area (TPSA) is 130 Å². The van der Waals surface area contributed by atoms with Crippen LogP contribution in [0.2, 0.25) is 0 Å². The van der Waals surface area contributed by atoms with Crippen LogP contribution in [-0.4, -0.2) is 44.8 Å². The molecule has 0 unspecified atom stereocenters. The van der Waals surface area contributed by atoms with E-state index in [0.717, 1.165) is 0 Å². The minimum absolute atomic E-state index is 0.0535. The van der Waals surface area contributed by atoms with Gasteiger partial charge in [-0.1, -0.05) is 5.16 Å². The first-order valence-corrected chi connectivity index (χ1v) is 11.1. The normalized spacial score (nSPS) is 11.4. The van der Waals surface area contributed by atoms with Crippen molar-refractivity contribution in [2.75, 3.05) is 14.2 Å². The lowest BCUT2D eigenvalue weighted by atomic mass is 10.2. The maximum absolute atomic E-state index is 12.3. The van der Waals surface area contributed by atoms with E-state index in [0.29, 0.717) is 17.1 Å². The molecule has 0 aliphatic carbocycles. The summed E-state index contributed by atoms with van der Waals surface area (Å²) in [5.74, 6) is 0.805. The van der Waals surface area contributed by atoms with Crippen LogP contribution in [0.3, 0.4) is 0 Å². The Bertz CT molecular complexity index is 1190. The number of hydrogen-bond acceptors (Lipinski definition) is 9. The second-order valence-electron chi connectivity index (χ2n) is 6.95. The molecule has 0 aliphatic heterocycles. The smallest absolute Gasteiger partial charge is 0.338 e. The number of nitrogens with zero attached hydrogens (tertiary/aromatic N) is 2. The quantitative estimate of drug-likeness (QED) is 0.478. The average Bonchev–Trinajstić information content (AvgIpc) is 3.25. The maximum Gasteiger partial charge on any atom is 0.338 e. The molecule has 32 heavy (non-hydrogen) atoms. The van der Waals surface area contributed by atoms with Gasteiger partial charge in [0.25, 0.3) is 5.89 Å². The number of rotatable bonds is 9. The lowest BCUT2D eigenvalue weighted by Gasteiger charge is -2.09. The fourth-order valence-electron chi connectivity index (χ4n) is 2.77. The van der Waals surface area contributed by atoms with E-state index in [-0.39, 0.29) is 34.8 Å². The summed E-state index contributed by atoms with van der Waals surface area (Å²) in [6, 6.07) is 10.3. The van der Waals surface area contributed by atoms with Crippen LogP contribution in [0.4, 0.5) is 0 Å². The molecule has 1 N–H and O–H groups in total. The number of nitrogens with one attached hydrogen (secondary N) is 1. The zero-order valence-corrected chi connectivity index (χ0v) is 18.8. The Morgan fingerprint density at radius 1 is 1.09 bits per heavy atom. The predicted octanol–water partition coefficient (Wildman–Crippen LogP) is 2.80. The molecule has 0 saturated carbocycles. The molecule has 0 spiro atoms. The highest BCUT2D eigenvalue weighted by molar-refractivity contribution is 7.89. The maximum atomic E-state index is 12.3. The van der Waals surface area contributed by atoms with Crippen LogP contribution >= 0.6 is 0 Å². The largest absolute Gasteiger partial charge is 0.497 e. The second kappa shape index (κ2) is 9.79. The molecule has 3 aromatic rings. The standard InChI is InChI=1S/C21H23N3O7S/c1-13(2)24-32(26,27)16-8-5-14(6-9-16)21(25)30-12-19-22-20(23-31-19)17-10-7-15(28-3)11-18(17)29-4/h5-11,13,24H,12H2,1-4H3. The summed E-state index contributed by atoms with van der Waals surface area (Å²) in [7, 11) is -0.588. The van der Waals surface area contributed by atoms with Crippen molar-refractivity contribution in [2.24, 2.45) is 0 Å². The summed E-state index contributed by atoms with van der Waals surface area (Å²) >= 11 is 0. The molecule has 1 aromatic heterocycles. The Morgan fingerprint density at radius 2 is 1.81 bits per heavy atom. The molecule has 3 rings (SSSR count). The highest BCUT2D eigenvalue weighted by Gasteiger charge is 2.18. The summed E-state index contributed by atoms with van der Waals surface area (Å²) in [4.78, 5) is 16.6. The van der Waals surface area contributed by atoms with Gasteiger partial charge in [-0.05, 0) is 50.2 Å². The second-order valence-corrected chi connectivity index (χ2v) is 8.67. The lowest BCUT2D eigenvalue weighted by Crippen LogP contribution is -2.30. The van der Waals surface area contributed by atoms with Crippen LogP contribution in [0.25, 0.3) is 11.4 Å². The van der Waals surface area contributed by atoms with E-state index in [9.17, 15) is 13.2 Å². The fourth-order valence-corrected chi connectivity index (χ4v) is 4.02. The molecule has 170 valence electrons. The first-order chi connectivity index (χ1) is 15.2. The molecule has 0 saturated heterocycles. The number of ether oxygens (including phenoxy) is 3. The fraction of sp³-hybridized carbons (Fsp3) is 0.286. The predicted molar refractivity (Wildman–Crippen MR) is 114 cm³/mol. The molecule has 0 aliphatic rings. The van der Waals surface area contributed by atoms with Crippen LogP contribution < -0.4 is 14.2 Å². The molecule has 0 radical (unpaired) electrons. The van der Waals surface area contributed by atoms with Gasteiger partial charge in [-0.3, -0.25) is 0 Å². The minimum atomic E-state index is -3.64. The van der Waals surface area contributed by atoms with Gasteiger partial charge in [-0.25, -0.2) is 17.9 Å². The van der Waals surface area contributed by atoms with Crippen molar-refractivity contribution in [3.63, 3.8) is 0 Å². The van der Waals surface area contributed by atoms with Gasteiger partial charge in [-0.2, -0.15) is 4.98 Å². The van der Waals surface area contributed by atoms with Gasteiger partial charge in [0, 0.05) is 12.1 Å². The minimum Gasteiger partial charge on any atom is -0.497 e. The molecular weight excluding hydrogens is 438 g/mol. The summed E-state index contributed by atoms with van der Waals surface area (Å²) in [5.41, 5.74) is 0.770. The van der Waals surface area contributed by atoms with Crippen LogP contribution in [0.1, 0.15) is 30.1 Å². The molecular formula is C21H23N3O7S. The first-order valence-electron chi connectivity index (χ1n) is 9.58. The monoisotopic (exact) mass is 461 g/mol. The number of esters is 1. The number of benzene rings is 2. The first kappa shape index (κ1) is 23.2. The Kier molecular flexibility index (Phi) is 7.11. The number of carbonyl (C=O) groups is 1. The Morgan fingerprint density at radius 3 is 2.44 bits per heavy atom. The van der Waals surface area contributed by atoms with E-state index < -0.39 is 16.0 Å². The van der Waals surface area contributed by atoms with E-state index in [1.54, 1.807) is 39.2 Å². The number of sulfonamides is 1. The zero-order chi connectivity index (χ0) is 23.3.